The van der Waals surface area contributed by atoms with Crippen molar-refractivity contribution in [3.63, 3.8) is 0 Å². The lowest BCUT2D eigenvalue weighted by molar-refractivity contribution is 0.285. The number of halogens is 1. The maximum atomic E-state index is 13.2. The highest BCUT2D eigenvalue weighted by Gasteiger charge is 2.39. The molecule has 1 aliphatic heterocycles. The highest BCUT2D eigenvalue weighted by atomic mass is 19.1. The van der Waals surface area contributed by atoms with Crippen LogP contribution in [0.3, 0.4) is 0 Å². The van der Waals surface area contributed by atoms with Gasteiger partial charge < -0.3 is 9.84 Å². The van der Waals surface area contributed by atoms with Gasteiger partial charge in [0.2, 0.25) is 11.7 Å². The monoisotopic (exact) mass is 261 g/mol. The van der Waals surface area contributed by atoms with Crippen LogP contribution < -0.4 is 5.32 Å². The van der Waals surface area contributed by atoms with Crippen LogP contribution in [0, 0.1) is 5.82 Å². The van der Waals surface area contributed by atoms with E-state index in [1.165, 1.54) is 12.1 Å². The summed E-state index contributed by atoms with van der Waals surface area (Å²) >= 11 is 0. The van der Waals surface area contributed by atoms with Crippen LogP contribution in [0.15, 0.2) is 28.8 Å². The van der Waals surface area contributed by atoms with Crippen molar-refractivity contribution in [3.05, 3.63) is 36.0 Å². The van der Waals surface area contributed by atoms with Crippen molar-refractivity contribution in [1.82, 2.24) is 15.5 Å². The van der Waals surface area contributed by atoms with Gasteiger partial charge in [-0.3, -0.25) is 0 Å². The largest absolute Gasteiger partial charge is 0.338 e. The van der Waals surface area contributed by atoms with Crippen LogP contribution in [-0.2, 0) is 5.41 Å². The van der Waals surface area contributed by atoms with Gasteiger partial charge in [0.1, 0.15) is 5.82 Å². The Bertz CT molecular complexity index is 576. The normalized spacial score (nSPS) is 22.8. The fourth-order valence-electron chi connectivity index (χ4n) is 2.56. The molecular formula is C14H16FN3O. The first-order valence-electron chi connectivity index (χ1n) is 6.54. The Morgan fingerprint density at radius 3 is 3.05 bits per heavy atom. The van der Waals surface area contributed by atoms with Crippen molar-refractivity contribution in [2.75, 3.05) is 13.1 Å². The molecule has 1 fully saturated rings. The zero-order valence-corrected chi connectivity index (χ0v) is 10.8. The molecule has 2 heterocycles. The Hall–Kier alpha value is -1.75. The quantitative estimate of drug-likeness (QED) is 0.922. The number of benzene rings is 1. The molecule has 1 unspecified atom stereocenters. The van der Waals surface area contributed by atoms with Gasteiger partial charge in [-0.1, -0.05) is 24.2 Å². The topological polar surface area (TPSA) is 51.0 Å². The molecular weight excluding hydrogens is 245 g/mol. The third kappa shape index (κ3) is 2.14. The summed E-state index contributed by atoms with van der Waals surface area (Å²) in [7, 11) is 0. The Labute approximate surface area is 111 Å². The Morgan fingerprint density at radius 1 is 1.47 bits per heavy atom. The minimum atomic E-state index is -0.295. The van der Waals surface area contributed by atoms with Gasteiger partial charge in [-0.2, -0.15) is 4.98 Å². The van der Waals surface area contributed by atoms with Crippen LogP contribution in [-0.4, -0.2) is 23.2 Å². The maximum Gasteiger partial charge on any atom is 0.234 e. The van der Waals surface area contributed by atoms with Gasteiger partial charge >= 0.3 is 0 Å². The van der Waals surface area contributed by atoms with E-state index >= 15 is 0 Å². The van der Waals surface area contributed by atoms with Crippen molar-refractivity contribution in [2.24, 2.45) is 0 Å². The molecule has 5 heteroatoms. The highest BCUT2D eigenvalue weighted by molar-refractivity contribution is 5.54. The van der Waals surface area contributed by atoms with Crippen molar-refractivity contribution in [1.29, 1.82) is 0 Å². The van der Waals surface area contributed by atoms with Crippen LogP contribution in [0.1, 0.15) is 25.7 Å². The average molecular weight is 261 g/mol. The minimum absolute atomic E-state index is 0.0709. The molecule has 0 amide bonds. The number of nitrogens with zero attached hydrogens (tertiary/aromatic N) is 2. The van der Waals surface area contributed by atoms with Gasteiger partial charge in [-0.15, -0.1) is 0 Å². The Morgan fingerprint density at radius 2 is 2.37 bits per heavy atom. The fraction of sp³-hybridized carbons (Fsp3) is 0.429. The smallest absolute Gasteiger partial charge is 0.234 e. The summed E-state index contributed by atoms with van der Waals surface area (Å²) in [6.45, 7) is 3.94. The molecule has 19 heavy (non-hydrogen) atoms. The molecule has 1 aromatic carbocycles. The summed E-state index contributed by atoms with van der Waals surface area (Å²) in [5, 5.41) is 7.32. The van der Waals surface area contributed by atoms with E-state index in [-0.39, 0.29) is 11.2 Å². The van der Waals surface area contributed by atoms with Crippen molar-refractivity contribution in [3.8, 4) is 11.4 Å². The molecule has 0 radical (unpaired) electrons. The molecule has 0 saturated carbocycles. The number of hydrogen-bond acceptors (Lipinski definition) is 4. The lowest BCUT2D eigenvalue weighted by Gasteiger charge is -2.20. The first-order chi connectivity index (χ1) is 9.23. The standard InChI is InChI=1S/C14H16FN3O/c1-2-14(6-7-16-9-14)13-17-12(18-19-13)10-4-3-5-11(15)8-10/h3-5,8,16H,2,6-7,9H2,1H3. The van der Waals surface area contributed by atoms with E-state index in [0.29, 0.717) is 17.3 Å². The Balaban J connectivity index is 1.95. The number of nitrogens with one attached hydrogen (secondary N) is 1. The molecule has 0 bridgehead atoms. The van der Waals surface area contributed by atoms with Crippen molar-refractivity contribution < 1.29 is 8.91 Å². The van der Waals surface area contributed by atoms with E-state index in [0.717, 1.165) is 25.9 Å². The first-order valence-corrected chi connectivity index (χ1v) is 6.54. The molecule has 3 rings (SSSR count). The lowest BCUT2D eigenvalue weighted by atomic mass is 9.84. The highest BCUT2D eigenvalue weighted by Crippen LogP contribution is 2.33. The Kier molecular flexibility index (Phi) is 3.06. The average Bonchev–Trinajstić information content (AvgIpc) is 3.08. The molecule has 1 N–H and O–H groups in total. The van der Waals surface area contributed by atoms with E-state index in [1.54, 1.807) is 12.1 Å². The molecule has 100 valence electrons. The maximum absolute atomic E-state index is 13.2. The van der Waals surface area contributed by atoms with Crippen molar-refractivity contribution in [2.45, 2.75) is 25.2 Å². The second-order valence-corrected chi connectivity index (χ2v) is 4.99. The SMILES string of the molecule is CCC1(c2nc(-c3cccc(F)c3)no2)CCNC1. The number of hydrogen-bond donors (Lipinski definition) is 1. The van der Waals surface area contributed by atoms with E-state index in [2.05, 4.69) is 22.4 Å². The van der Waals surface area contributed by atoms with Crippen LogP contribution in [0.4, 0.5) is 4.39 Å². The second kappa shape index (κ2) is 4.74. The van der Waals surface area contributed by atoms with E-state index in [1.807, 2.05) is 0 Å². The molecule has 0 aliphatic carbocycles. The molecule has 1 aromatic heterocycles. The second-order valence-electron chi connectivity index (χ2n) is 4.99. The van der Waals surface area contributed by atoms with Gasteiger partial charge in [0.05, 0.1) is 5.41 Å². The molecule has 4 nitrogen and oxygen atoms in total. The third-order valence-electron chi connectivity index (χ3n) is 3.88. The molecule has 1 saturated heterocycles. The number of aromatic nitrogens is 2. The summed E-state index contributed by atoms with van der Waals surface area (Å²) in [5.74, 6) is 0.810. The van der Waals surface area contributed by atoms with Gasteiger partial charge in [0.15, 0.2) is 0 Å². The summed E-state index contributed by atoms with van der Waals surface area (Å²) in [4.78, 5) is 4.46. The van der Waals surface area contributed by atoms with E-state index in [4.69, 9.17) is 4.52 Å². The van der Waals surface area contributed by atoms with E-state index in [9.17, 15) is 4.39 Å². The van der Waals surface area contributed by atoms with Crippen LogP contribution in [0.5, 0.6) is 0 Å². The lowest BCUT2D eigenvalue weighted by Crippen LogP contribution is -2.28. The fourth-order valence-corrected chi connectivity index (χ4v) is 2.56. The predicted octanol–water partition coefficient (Wildman–Crippen LogP) is 2.52. The summed E-state index contributed by atoms with van der Waals surface area (Å²) < 4.78 is 18.6. The number of rotatable bonds is 3. The zero-order chi connectivity index (χ0) is 13.3. The van der Waals surface area contributed by atoms with Crippen LogP contribution >= 0.6 is 0 Å². The summed E-state index contributed by atoms with van der Waals surface area (Å²) in [6.07, 6.45) is 1.94. The van der Waals surface area contributed by atoms with Gasteiger partial charge in [0.25, 0.3) is 0 Å². The molecule has 1 atom stereocenters. The van der Waals surface area contributed by atoms with Gasteiger partial charge in [-0.05, 0) is 31.5 Å². The summed E-state index contributed by atoms with van der Waals surface area (Å²) in [5.41, 5.74) is 0.575. The predicted molar refractivity (Wildman–Crippen MR) is 69.1 cm³/mol. The molecule has 1 aliphatic rings. The zero-order valence-electron chi connectivity index (χ0n) is 10.8. The third-order valence-corrected chi connectivity index (χ3v) is 3.88. The van der Waals surface area contributed by atoms with Crippen molar-refractivity contribution >= 4 is 0 Å². The molecule has 0 spiro atoms. The van der Waals surface area contributed by atoms with E-state index < -0.39 is 0 Å². The first kappa shape index (κ1) is 12.3. The molecule has 2 aromatic rings. The van der Waals surface area contributed by atoms with Gasteiger partial charge in [0, 0.05) is 12.1 Å². The van der Waals surface area contributed by atoms with Crippen LogP contribution in [0.2, 0.25) is 0 Å². The minimum Gasteiger partial charge on any atom is -0.338 e. The van der Waals surface area contributed by atoms with Gasteiger partial charge in [-0.25, -0.2) is 4.39 Å². The summed E-state index contributed by atoms with van der Waals surface area (Å²) in [6, 6.07) is 6.25. The van der Waals surface area contributed by atoms with Crippen LogP contribution in [0.25, 0.3) is 11.4 Å².